The topological polar surface area (TPSA) is 86.8 Å². The first-order valence-electron chi connectivity index (χ1n) is 10.1. The van der Waals surface area contributed by atoms with Crippen molar-refractivity contribution in [2.75, 3.05) is 24.2 Å². The second-order valence-electron chi connectivity index (χ2n) is 7.81. The van der Waals surface area contributed by atoms with Crippen LogP contribution in [0.4, 0.5) is 5.69 Å². The highest BCUT2D eigenvalue weighted by molar-refractivity contribution is 7.92. The van der Waals surface area contributed by atoms with Gasteiger partial charge in [-0.2, -0.15) is 0 Å². The van der Waals surface area contributed by atoms with Gasteiger partial charge in [0.2, 0.25) is 21.8 Å². The van der Waals surface area contributed by atoms with E-state index in [2.05, 4.69) is 5.32 Å². The third kappa shape index (κ3) is 6.07. The number of likely N-dealkylation sites (N-methyl/N-ethyl adjacent to an activating group) is 1. The van der Waals surface area contributed by atoms with Crippen molar-refractivity contribution in [1.82, 2.24) is 10.2 Å². The van der Waals surface area contributed by atoms with E-state index in [4.69, 9.17) is 0 Å². The Morgan fingerprint density at radius 1 is 1.00 bits per heavy atom. The van der Waals surface area contributed by atoms with Gasteiger partial charge in [-0.15, -0.1) is 0 Å². The number of hydrogen-bond acceptors (Lipinski definition) is 4. The fraction of sp³-hybridized carbons (Fsp3) is 0.391. The maximum absolute atomic E-state index is 13.4. The minimum Gasteiger partial charge on any atom is -0.357 e. The molecule has 168 valence electrons. The van der Waals surface area contributed by atoms with Gasteiger partial charge in [0, 0.05) is 13.6 Å². The summed E-state index contributed by atoms with van der Waals surface area (Å²) in [6, 6.07) is 12.3. The predicted octanol–water partition coefficient (Wildman–Crippen LogP) is 2.54. The number of carbonyl (C=O) groups is 2. The highest BCUT2D eigenvalue weighted by Gasteiger charge is 2.30. The lowest BCUT2D eigenvalue weighted by atomic mass is 10.1. The monoisotopic (exact) mass is 445 g/mol. The minimum atomic E-state index is -3.74. The number of carbonyl (C=O) groups excluding carboxylic acids is 2. The van der Waals surface area contributed by atoms with Crippen molar-refractivity contribution >= 4 is 27.5 Å². The molecule has 0 spiro atoms. The average Bonchev–Trinajstić information content (AvgIpc) is 2.70. The van der Waals surface area contributed by atoms with Gasteiger partial charge in [-0.3, -0.25) is 13.9 Å². The van der Waals surface area contributed by atoms with Crippen LogP contribution in [0.3, 0.4) is 0 Å². The zero-order chi connectivity index (χ0) is 23.3. The number of aryl methyl sites for hydroxylation is 3. The van der Waals surface area contributed by atoms with Crippen LogP contribution in [-0.4, -0.2) is 51.0 Å². The van der Waals surface area contributed by atoms with Gasteiger partial charge in [-0.05, 0) is 44.4 Å². The summed E-state index contributed by atoms with van der Waals surface area (Å²) in [4.78, 5) is 27.1. The molecule has 2 aromatic carbocycles. The normalized spacial score (nSPS) is 12.2. The summed E-state index contributed by atoms with van der Waals surface area (Å²) in [5.41, 5.74) is 3.93. The Hall–Kier alpha value is -2.87. The predicted molar refractivity (Wildman–Crippen MR) is 123 cm³/mol. The number of nitrogens with zero attached hydrogens (tertiary/aromatic N) is 2. The zero-order valence-electron chi connectivity index (χ0n) is 19.0. The summed E-state index contributed by atoms with van der Waals surface area (Å²) < 4.78 is 26.4. The number of para-hydroxylation sites is 1. The van der Waals surface area contributed by atoms with Crippen LogP contribution < -0.4 is 9.62 Å². The first-order chi connectivity index (χ1) is 14.5. The van der Waals surface area contributed by atoms with Crippen LogP contribution in [0.2, 0.25) is 0 Å². The third-order valence-corrected chi connectivity index (χ3v) is 6.37. The summed E-state index contributed by atoms with van der Waals surface area (Å²) in [7, 11) is -2.23. The largest absolute Gasteiger partial charge is 0.357 e. The highest BCUT2D eigenvalue weighted by atomic mass is 32.2. The number of sulfonamides is 1. The van der Waals surface area contributed by atoms with E-state index in [9.17, 15) is 18.0 Å². The molecule has 0 heterocycles. The van der Waals surface area contributed by atoms with Crippen LogP contribution in [0.5, 0.6) is 0 Å². The van der Waals surface area contributed by atoms with Crippen LogP contribution in [0, 0.1) is 20.8 Å². The Labute approximate surface area is 185 Å². The molecule has 2 aromatic rings. The molecule has 1 atom stereocenters. The van der Waals surface area contributed by atoms with Crippen LogP contribution >= 0.6 is 0 Å². The second-order valence-corrected chi connectivity index (χ2v) is 9.71. The molecular formula is C23H31N3O4S. The van der Waals surface area contributed by atoms with Gasteiger partial charge in [0.15, 0.2) is 0 Å². The number of nitrogens with one attached hydrogen (secondary N) is 1. The molecule has 0 aliphatic heterocycles. The molecule has 1 N–H and O–H groups in total. The molecule has 0 aliphatic rings. The van der Waals surface area contributed by atoms with E-state index in [1.54, 1.807) is 6.92 Å². The van der Waals surface area contributed by atoms with E-state index in [0.29, 0.717) is 5.69 Å². The smallest absolute Gasteiger partial charge is 0.244 e. The molecule has 0 saturated heterocycles. The Kier molecular flexibility index (Phi) is 7.84. The minimum absolute atomic E-state index is 0.193. The highest BCUT2D eigenvalue weighted by Crippen LogP contribution is 2.27. The van der Waals surface area contributed by atoms with Gasteiger partial charge < -0.3 is 10.2 Å². The van der Waals surface area contributed by atoms with E-state index >= 15 is 0 Å². The Balaban J connectivity index is 2.43. The van der Waals surface area contributed by atoms with Gasteiger partial charge in [0.05, 0.1) is 11.9 Å². The van der Waals surface area contributed by atoms with Gasteiger partial charge in [0.1, 0.15) is 12.6 Å². The van der Waals surface area contributed by atoms with Crippen LogP contribution in [0.1, 0.15) is 29.2 Å². The van der Waals surface area contributed by atoms with Crippen molar-refractivity contribution in [3.05, 3.63) is 64.7 Å². The Bertz CT molecular complexity index is 1030. The molecule has 0 radical (unpaired) electrons. The number of hydrogen-bond donors (Lipinski definition) is 1. The molecule has 0 saturated carbocycles. The molecule has 2 amide bonds. The van der Waals surface area contributed by atoms with E-state index in [0.717, 1.165) is 32.8 Å². The summed E-state index contributed by atoms with van der Waals surface area (Å²) >= 11 is 0. The van der Waals surface area contributed by atoms with E-state index < -0.39 is 28.5 Å². The van der Waals surface area contributed by atoms with Gasteiger partial charge in [-0.25, -0.2) is 8.42 Å². The van der Waals surface area contributed by atoms with Gasteiger partial charge in [0.25, 0.3) is 0 Å². The van der Waals surface area contributed by atoms with E-state index in [1.165, 1.54) is 11.9 Å². The molecule has 8 heteroatoms. The number of amides is 2. The number of anilines is 1. The maximum Gasteiger partial charge on any atom is 0.244 e. The maximum atomic E-state index is 13.4. The number of benzene rings is 2. The fourth-order valence-corrected chi connectivity index (χ4v) is 4.42. The molecule has 0 fully saturated rings. The van der Waals surface area contributed by atoms with E-state index in [1.807, 2.05) is 63.2 Å². The lowest BCUT2D eigenvalue weighted by molar-refractivity contribution is -0.139. The lowest BCUT2D eigenvalue weighted by Crippen LogP contribution is -2.50. The van der Waals surface area contributed by atoms with Gasteiger partial charge >= 0.3 is 0 Å². The first-order valence-corrected chi connectivity index (χ1v) is 11.9. The molecule has 0 aromatic heterocycles. The summed E-state index contributed by atoms with van der Waals surface area (Å²) in [6.07, 6.45) is 1.08. The van der Waals surface area contributed by atoms with Crippen LogP contribution in [0.25, 0.3) is 0 Å². The van der Waals surface area contributed by atoms with Crippen molar-refractivity contribution in [2.24, 2.45) is 0 Å². The quantitative estimate of drug-likeness (QED) is 0.677. The fourth-order valence-electron chi connectivity index (χ4n) is 3.46. The summed E-state index contributed by atoms with van der Waals surface area (Å²) in [5, 5.41) is 2.56. The summed E-state index contributed by atoms with van der Waals surface area (Å²) in [6.45, 7) is 7.02. The average molecular weight is 446 g/mol. The van der Waals surface area contributed by atoms with Crippen LogP contribution in [-0.2, 0) is 26.2 Å². The third-order valence-electron chi connectivity index (χ3n) is 5.26. The zero-order valence-corrected chi connectivity index (χ0v) is 19.8. The van der Waals surface area contributed by atoms with Crippen molar-refractivity contribution < 1.29 is 18.0 Å². The Morgan fingerprint density at radius 3 is 2.03 bits per heavy atom. The molecular weight excluding hydrogens is 414 g/mol. The van der Waals surface area contributed by atoms with Crippen molar-refractivity contribution in [3.8, 4) is 0 Å². The first kappa shape index (κ1) is 24.4. The van der Waals surface area contributed by atoms with Crippen molar-refractivity contribution in [1.29, 1.82) is 0 Å². The lowest BCUT2D eigenvalue weighted by Gasteiger charge is -2.32. The molecule has 0 aliphatic carbocycles. The van der Waals surface area contributed by atoms with Gasteiger partial charge in [-0.1, -0.05) is 48.0 Å². The molecule has 2 rings (SSSR count). The van der Waals surface area contributed by atoms with Crippen molar-refractivity contribution in [2.45, 2.75) is 40.3 Å². The Morgan fingerprint density at radius 2 is 1.55 bits per heavy atom. The van der Waals surface area contributed by atoms with E-state index in [-0.39, 0.29) is 12.5 Å². The molecule has 31 heavy (non-hydrogen) atoms. The summed E-state index contributed by atoms with van der Waals surface area (Å²) in [5.74, 6) is -0.775. The molecule has 7 nitrogen and oxygen atoms in total. The van der Waals surface area contributed by atoms with Crippen molar-refractivity contribution in [3.63, 3.8) is 0 Å². The number of rotatable bonds is 8. The molecule has 0 bridgehead atoms. The second kappa shape index (κ2) is 9.96. The standard InChI is InChI=1S/C23H31N3O4S/c1-16-10-12-20(13-11-16)14-25(19(4)23(28)24-5)21(27)15-26(31(6,29)30)22-17(2)8-7-9-18(22)3/h7-13,19H,14-15H2,1-6H3,(H,24,28)/t19-/m0/s1. The SMILES string of the molecule is CNC(=O)[C@H](C)N(Cc1ccc(C)cc1)C(=O)CN(c1c(C)cccc1C)S(C)(=O)=O. The molecule has 0 unspecified atom stereocenters. The van der Waals surface area contributed by atoms with Crippen LogP contribution in [0.15, 0.2) is 42.5 Å².